The molecule has 0 spiro atoms. The summed E-state index contributed by atoms with van der Waals surface area (Å²) in [5, 5.41) is 2.85. The Morgan fingerprint density at radius 1 is 1.14 bits per heavy atom. The number of benzene rings is 2. The molecule has 1 N–H and O–H groups in total. The summed E-state index contributed by atoms with van der Waals surface area (Å²) in [7, 11) is -3.56. The van der Waals surface area contributed by atoms with Crippen molar-refractivity contribution < 1.29 is 22.0 Å². The van der Waals surface area contributed by atoms with E-state index in [9.17, 15) is 22.0 Å². The van der Waals surface area contributed by atoms with Gasteiger partial charge in [-0.1, -0.05) is 17.7 Å². The fourth-order valence-corrected chi connectivity index (χ4v) is 5.73. The molecular formula is C21H22F2N2O3S. The molecule has 2 fully saturated rings. The van der Waals surface area contributed by atoms with Crippen molar-refractivity contribution in [2.45, 2.75) is 30.7 Å². The zero-order chi connectivity index (χ0) is 20.8. The van der Waals surface area contributed by atoms with Gasteiger partial charge in [-0.3, -0.25) is 4.79 Å². The maximum Gasteiger partial charge on any atom is 0.243 e. The SMILES string of the molecule is Cc1ccc(S(=O)(=O)N2C[C@H]3C[C@H](NC(=O)Cc4cc(F)ccc4F)[C@H]3C2)cc1. The molecule has 0 aromatic heterocycles. The van der Waals surface area contributed by atoms with E-state index in [1.54, 1.807) is 24.3 Å². The lowest BCUT2D eigenvalue weighted by atomic mass is 9.71. The van der Waals surface area contributed by atoms with Crippen LogP contribution in [0.1, 0.15) is 17.5 Å². The van der Waals surface area contributed by atoms with Crippen molar-refractivity contribution in [3.05, 3.63) is 65.2 Å². The van der Waals surface area contributed by atoms with Gasteiger partial charge in [0.1, 0.15) is 11.6 Å². The number of hydrogen-bond donors (Lipinski definition) is 1. The topological polar surface area (TPSA) is 66.5 Å². The van der Waals surface area contributed by atoms with E-state index >= 15 is 0 Å². The summed E-state index contributed by atoms with van der Waals surface area (Å²) in [6.45, 7) is 2.68. The third kappa shape index (κ3) is 3.91. The summed E-state index contributed by atoms with van der Waals surface area (Å²) in [6, 6.07) is 9.64. The number of aryl methyl sites for hydroxylation is 1. The Kier molecular flexibility index (Phi) is 5.16. The minimum atomic E-state index is -3.56. The Bertz CT molecular complexity index is 1040. The Hall–Kier alpha value is -2.32. The number of carbonyl (C=O) groups excluding carboxylic acids is 1. The minimum Gasteiger partial charge on any atom is -0.353 e. The van der Waals surface area contributed by atoms with Crippen molar-refractivity contribution in [1.82, 2.24) is 9.62 Å². The van der Waals surface area contributed by atoms with Crippen LogP contribution >= 0.6 is 0 Å². The van der Waals surface area contributed by atoms with Gasteiger partial charge in [0, 0.05) is 24.7 Å². The van der Waals surface area contributed by atoms with E-state index in [1.165, 1.54) is 4.31 Å². The minimum absolute atomic E-state index is 0.00775. The van der Waals surface area contributed by atoms with Crippen LogP contribution in [0.3, 0.4) is 0 Å². The largest absolute Gasteiger partial charge is 0.353 e. The Balaban J connectivity index is 1.38. The van der Waals surface area contributed by atoms with Crippen LogP contribution in [0, 0.1) is 30.4 Å². The molecule has 1 aliphatic carbocycles. The number of hydrogen-bond acceptors (Lipinski definition) is 3. The summed E-state index contributed by atoms with van der Waals surface area (Å²) in [5.41, 5.74) is 0.997. The summed E-state index contributed by atoms with van der Waals surface area (Å²) in [6.07, 6.45) is 0.435. The van der Waals surface area contributed by atoms with E-state index in [2.05, 4.69) is 5.32 Å². The molecule has 2 aliphatic rings. The molecule has 0 unspecified atom stereocenters. The molecule has 1 saturated heterocycles. The van der Waals surface area contributed by atoms with E-state index in [0.29, 0.717) is 19.5 Å². The van der Waals surface area contributed by atoms with Crippen LogP contribution in [0.2, 0.25) is 0 Å². The van der Waals surface area contributed by atoms with Crippen LogP contribution < -0.4 is 5.32 Å². The van der Waals surface area contributed by atoms with Gasteiger partial charge in [-0.15, -0.1) is 0 Å². The first kappa shape index (κ1) is 20.0. The second-order valence-electron chi connectivity index (χ2n) is 7.88. The van der Waals surface area contributed by atoms with Gasteiger partial charge >= 0.3 is 0 Å². The number of amides is 1. The predicted octanol–water partition coefficient (Wildman–Crippen LogP) is 2.64. The first-order valence-corrected chi connectivity index (χ1v) is 11.0. The monoisotopic (exact) mass is 420 g/mol. The molecule has 1 aliphatic heterocycles. The molecule has 3 atom stereocenters. The molecule has 2 aromatic carbocycles. The van der Waals surface area contributed by atoms with E-state index in [0.717, 1.165) is 23.8 Å². The molecular weight excluding hydrogens is 398 g/mol. The second kappa shape index (κ2) is 7.50. The zero-order valence-corrected chi connectivity index (χ0v) is 16.8. The highest BCUT2D eigenvalue weighted by Gasteiger charge is 2.50. The molecule has 8 heteroatoms. The fourth-order valence-electron chi connectivity index (χ4n) is 4.20. The first-order chi connectivity index (χ1) is 13.7. The van der Waals surface area contributed by atoms with Crippen molar-refractivity contribution in [3.63, 3.8) is 0 Å². The van der Waals surface area contributed by atoms with E-state index in [1.807, 2.05) is 6.92 Å². The normalized spacial score (nSPS) is 24.0. The number of sulfonamides is 1. The third-order valence-electron chi connectivity index (χ3n) is 5.90. The van der Waals surface area contributed by atoms with Crippen LogP contribution in [-0.4, -0.2) is 37.8 Å². The first-order valence-electron chi connectivity index (χ1n) is 9.54. The van der Waals surface area contributed by atoms with Gasteiger partial charge in [-0.05, 0) is 55.5 Å². The molecule has 1 heterocycles. The van der Waals surface area contributed by atoms with Crippen LogP contribution in [0.25, 0.3) is 0 Å². The fraction of sp³-hybridized carbons (Fsp3) is 0.381. The Morgan fingerprint density at radius 2 is 1.86 bits per heavy atom. The van der Waals surface area contributed by atoms with Gasteiger partial charge in [0.15, 0.2) is 0 Å². The standard InChI is InChI=1S/C21H22F2N2O3S/c1-13-2-5-17(6-3-13)29(27,28)25-11-15-9-20(18(15)12-25)24-21(26)10-14-8-16(22)4-7-19(14)23/h2-8,15,18,20H,9-12H2,1H3,(H,24,26)/t15-,18+,20+/m1/s1. The Morgan fingerprint density at radius 3 is 2.59 bits per heavy atom. The number of halogens is 2. The molecule has 1 amide bonds. The predicted molar refractivity (Wildman–Crippen MR) is 104 cm³/mol. The van der Waals surface area contributed by atoms with Crippen LogP contribution in [0.5, 0.6) is 0 Å². The maximum absolute atomic E-state index is 13.7. The molecule has 0 bridgehead atoms. The molecule has 154 valence electrons. The van der Waals surface area contributed by atoms with Gasteiger partial charge in [0.05, 0.1) is 11.3 Å². The van der Waals surface area contributed by atoms with Gasteiger partial charge in [0.2, 0.25) is 15.9 Å². The lowest BCUT2D eigenvalue weighted by Crippen LogP contribution is -2.52. The zero-order valence-electron chi connectivity index (χ0n) is 15.9. The number of nitrogens with one attached hydrogen (secondary N) is 1. The van der Waals surface area contributed by atoms with E-state index < -0.39 is 27.6 Å². The van der Waals surface area contributed by atoms with Gasteiger partial charge in [-0.25, -0.2) is 17.2 Å². The molecule has 29 heavy (non-hydrogen) atoms. The molecule has 5 nitrogen and oxygen atoms in total. The summed E-state index contributed by atoms with van der Waals surface area (Å²) in [4.78, 5) is 12.5. The van der Waals surface area contributed by atoms with Crippen LogP contribution in [0.4, 0.5) is 8.78 Å². The average molecular weight is 420 g/mol. The van der Waals surface area contributed by atoms with Crippen molar-refractivity contribution in [2.24, 2.45) is 11.8 Å². The van der Waals surface area contributed by atoms with E-state index in [-0.39, 0.29) is 34.8 Å². The molecule has 4 rings (SSSR count). The lowest BCUT2D eigenvalue weighted by Gasteiger charge is -2.39. The summed E-state index contributed by atoms with van der Waals surface area (Å²) in [5.74, 6) is -1.37. The highest BCUT2D eigenvalue weighted by atomic mass is 32.2. The molecule has 2 aromatic rings. The van der Waals surface area contributed by atoms with Crippen molar-refractivity contribution in [2.75, 3.05) is 13.1 Å². The number of carbonyl (C=O) groups is 1. The quantitative estimate of drug-likeness (QED) is 0.809. The van der Waals surface area contributed by atoms with Gasteiger partial charge in [0.25, 0.3) is 0 Å². The van der Waals surface area contributed by atoms with Gasteiger partial charge in [-0.2, -0.15) is 4.31 Å². The lowest BCUT2D eigenvalue weighted by molar-refractivity contribution is -0.122. The summed E-state index contributed by atoms with van der Waals surface area (Å²) < 4.78 is 54.2. The maximum atomic E-state index is 13.7. The number of nitrogens with zero attached hydrogens (tertiary/aromatic N) is 1. The van der Waals surface area contributed by atoms with Gasteiger partial charge < -0.3 is 5.32 Å². The number of rotatable bonds is 5. The van der Waals surface area contributed by atoms with Crippen molar-refractivity contribution in [1.29, 1.82) is 0 Å². The van der Waals surface area contributed by atoms with Crippen molar-refractivity contribution >= 4 is 15.9 Å². The van der Waals surface area contributed by atoms with Crippen LogP contribution in [0.15, 0.2) is 47.4 Å². The van der Waals surface area contributed by atoms with E-state index in [4.69, 9.17) is 0 Å². The van der Waals surface area contributed by atoms with Crippen LogP contribution in [-0.2, 0) is 21.2 Å². The Labute approximate surface area is 168 Å². The smallest absolute Gasteiger partial charge is 0.243 e. The molecule has 1 saturated carbocycles. The third-order valence-corrected chi connectivity index (χ3v) is 7.74. The highest BCUT2D eigenvalue weighted by molar-refractivity contribution is 7.89. The second-order valence-corrected chi connectivity index (χ2v) is 9.82. The van der Waals surface area contributed by atoms with Crippen molar-refractivity contribution in [3.8, 4) is 0 Å². The average Bonchev–Trinajstić information content (AvgIpc) is 3.01. The summed E-state index contributed by atoms with van der Waals surface area (Å²) >= 11 is 0. The number of fused-ring (bicyclic) bond motifs is 1. The molecule has 0 radical (unpaired) electrons. The highest BCUT2D eigenvalue weighted by Crippen LogP contribution is 2.42.